The van der Waals surface area contributed by atoms with Gasteiger partial charge in [-0.15, -0.1) is 0 Å². The van der Waals surface area contributed by atoms with Gasteiger partial charge in [0.1, 0.15) is 0 Å². The average molecular weight is 197 g/mol. The largest absolute Gasteiger partial charge is 0.377 e. The predicted molar refractivity (Wildman–Crippen MR) is 48.8 cm³/mol. The highest BCUT2D eigenvalue weighted by Gasteiger charge is 2.43. The summed E-state index contributed by atoms with van der Waals surface area (Å²) in [6, 6.07) is 0.353. The van der Waals surface area contributed by atoms with Gasteiger partial charge in [-0.1, -0.05) is 0 Å². The monoisotopic (exact) mass is 197 g/mol. The van der Waals surface area contributed by atoms with Gasteiger partial charge in [-0.2, -0.15) is 0 Å². The van der Waals surface area contributed by atoms with Crippen LogP contribution in [-0.2, 0) is 14.3 Å². The average Bonchev–Trinajstić information content (AvgIpc) is 2.98. The van der Waals surface area contributed by atoms with Crippen LogP contribution in [0.5, 0.6) is 0 Å². The molecule has 0 unspecified atom stereocenters. The molecule has 3 rings (SSSR count). The summed E-state index contributed by atoms with van der Waals surface area (Å²) in [6.07, 6.45) is 2.16. The predicted octanol–water partition coefficient (Wildman–Crippen LogP) is 0.0226. The van der Waals surface area contributed by atoms with Crippen LogP contribution in [0.2, 0.25) is 0 Å². The quantitative estimate of drug-likeness (QED) is 0.595. The lowest BCUT2D eigenvalue weighted by atomic mass is 10.1. The molecule has 0 atom stereocenters. The normalized spacial score (nSPS) is 37.0. The summed E-state index contributed by atoms with van der Waals surface area (Å²) < 4.78 is 10.9. The van der Waals surface area contributed by atoms with Gasteiger partial charge in [0.15, 0.2) is 0 Å². The van der Waals surface area contributed by atoms with Crippen molar-refractivity contribution in [3.8, 4) is 0 Å². The maximum atomic E-state index is 12.0. The van der Waals surface area contributed by atoms with Crippen molar-refractivity contribution >= 4 is 5.91 Å². The molecule has 0 N–H and O–H groups in total. The summed E-state index contributed by atoms with van der Waals surface area (Å²) in [5.74, 6) is 0.655. The lowest BCUT2D eigenvalue weighted by Gasteiger charge is -2.45. The van der Waals surface area contributed by atoms with Gasteiger partial charge in [0, 0.05) is 5.92 Å². The number of rotatable bonds is 1. The Hall–Kier alpha value is -0.610. The number of ether oxygens (including phenoxy) is 2. The van der Waals surface area contributed by atoms with Gasteiger partial charge >= 0.3 is 0 Å². The molecule has 2 saturated heterocycles. The van der Waals surface area contributed by atoms with Crippen LogP contribution in [0.3, 0.4) is 0 Å². The van der Waals surface area contributed by atoms with E-state index in [0.717, 1.165) is 12.8 Å². The highest BCUT2D eigenvalue weighted by molar-refractivity contribution is 5.81. The molecule has 0 spiro atoms. The minimum atomic E-state index is 0.176. The fourth-order valence-electron chi connectivity index (χ4n) is 2.30. The van der Waals surface area contributed by atoms with Gasteiger partial charge in [-0.05, 0) is 12.8 Å². The molecule has 2 heterocycles. The second-order valence-corrected chi connectivity index (χ2v) is 4.40. The van der Waals surface area contributed by atoms with Crippen LogP contribution < -0.4 is 0 Å². The SMILES string of the molecule is O=C(C1CC1)N1C2COCC1COC2. The Balaban J connectivity index is 1.78. The van der Waals surface area contributed by atoms with Gasteiger partial charge in [0.05, 0.1) is 38.5 Å². The standard InChI is InChI=1S/C10H15NO3/c12-10(7-1-2-7)11-8-3-13-5-9(11)6-14-4-8/h7-9H,1-6H2. The van der Waals surface area contributed by atoms with Crippen molar-refractivity contribution in [2.45, 2.75) is 24.9 Å². The molecule has 4 nitrogen and oxygen atoms in total. The zero-order valence-corrected chi connectivity index (χ0v) is 8.15. The molecule has 2 bridgehead atoms. The Labute approximate surface area is 83.2 Å². The van der Waals surface area contributed by atoms with E-state index in [1.54, 1.807) is 0 Å². The van der Waals surface area contributed by atoms with E-state index in [4.69, 9.17) is 9.47 Å². The van der Waals surface area contributed by atoms with E-state index in [-0.39, 0.29) is 12.1 Å². The molecule has 0 aromatic carbocycles. The Kier molecular flexibility index (Phi) is 1.99. The fraction of sp³-hybridized carbons (Fsp3) is 0.900. The van der Waals surface area contributed by atoms with E-state index >= 15 is 0 Å². The number of carbonyl (C=O) groups excluding carboxylic acids is 1. The summed E-state index contributed by atoms with van der Waals surface area (Å²) in [4.78, 5) is 14.0. The Bertz CT molecular complexity index is 230. The summed E-state index contributed by atoms with van der Waals surface area (Å²) in [5.41, 5.74) is 0. The third-order valence-corrected chi connectivity index (χ3v) is 3.21. The van der Waals surface area contributed by atoms with Crippen molar-refractivity contribution in [1.82, 2.24) is 4.90 Å². The second-order valence-electron chi connectivity index (χ2n) is 4.40. The maximum absolute atomic E-state index is 12.0. The maximum Gasteiger partial charge on any atom is 0.226 e. The zero-order valence-electron chi connectivity index (χ0n) is 8.15. The summed E-state index contributed by atoms with van der Waals surface area (Å²) in [7, 11) is 0. The first-order valence-electron chi connectivity index (χ1n) is 5.34. The van der Waals surface area contributed by atoms with Crippen molar-refractivity contribution in [2.24, 2.45) is 5.92 Å². The summed E-state index contributed by atoms with van der Waals surface area (Å²) in [5, 5.41) is 0. The molecule has 78 valence electrons. The summed E-state index contributed by atoms with van der Waals surface area (Å²) in [6.45, 7) is 2.59. The van der Waals surface area contributed by atoms with E-state index in [0.29, 0.717) is 38.3 Å². The van der Waals surface area contributed by atoms with Crippen LogP contribution in [0.25, 0.3) is 0 Å². The third kappa shape index (κ3) is 1.33. The van der Waals surface area contributed by atoms with Gasteiger partial charge in [-0.25, -0.2) is 0 Å². The molecular formula is C10H15NO3. The number of nitrogens with zero attached hydrogens (tertiary/aromatic N) is 1. The molecule has 4 heteroatoms. The zero-order chi connectivity index (χ0) is 9.54. The van der Waals surface area contributed by atoms with Crippen molar-refractivity contribution in [3.63, 3.8) is 0 Å². The molecule has 1 aliphatic carbocycles. The number of fused-ring (bicyclic) bond motifs is 2. The smallest absolute Gasteiger partial charge is 0.226 e. The highest BCUT2D eigenvalue weighted by atomic mass is 16.5. The van der Waals surface area contributed by atoms with Crippen LogP contribution >= 0.6 is 0 Å². The first-order valence-corrected chi connectivity index (χ1v) is 5.34. The Morgan fingerprint density at radius 3 is 1.93 bits per heavy atom. The molecular weight excluding hydrogens is 182 g/mol. The van der Waals surface area contributed by atoms with Crippen LogP contribution in [0.1, 0.15) is 12.8 Å². The van der Waals surface area contributed by atoms with Gasteiger partial charge in [-0.3, -0.25) is 4.79 Å². The Morgan fingerprint density at radius 1 is 1.00 bits per heavy atom. The highest BCUT2D eigenvalue weighted by Crippen LogP contribution is 2.34. The van der Waals surface area contributed by atoms with E-state index in [2.05, 4.69) is 0 Å². The molecule has 0 aromatic rings. The lowest BCUT2D eigenvalue weighted by molar-refractivity contribution is -0.169. The minimum Gasteiger partial charge on any atom is -0.377 e. The number of carbonyl (C=O) groups is 1. The van der Waals surface area contributed by atoms with Gasteiger partial charge < -0.3 is 14.4 Å². The molecule has 0 radical (unpaired) electrons. The number of hydrogen-bond acceptors (Lipinski definition) is 3. The van der Waals surface area contributed by atoms with Gasteiger partial charge in [0.2, 0.25) is 5.91 Å². The van der Waals surface area contributed by atoms with E-state index in [9.17, 15) is 4.79 Å². The van der Waals surface area contributed by atoms with E-state index in [1.807, 2.05) is 4.90 Å². The Morgan fingerprint density at radius 2 is 1.50 bits per heavy atom. The fourth-order valence-corrected chi connectivity index (χ4v) is 2.30. The minimum absolute atomic E-state index is 0.176. The van der Waals surface area contributed by atoms with Crippen LogP contribution in [-0.4, -0.2) is 49.3 Å². The topological polar surface area (TPSA) is 38.8 Å². The molecule has 2 aliphatic heterocycles. The van der Waals surface area contributed by atoms with Crippen molar-refractivity contribution in [2.75, 3.05) is 26.4 Å². The summed E-state index contributed by atoms with van der Waals surface area (Å²) >= 11 is 0. The molecule has 1 saturated carbocycles. The number of hydrogen-bond donors (Lipinski definition) is 0. The van der Waals surface area contributed by atoms with Gasteiger partial charge in [0.25, 0.3) is 0 Å². The number of amides is 1. The lowest BCUT2D eigenvalue weighted by Crippen LogP contribution is -2.61. The number of morpholine rings is 2. The van der Waals surface area contributed by atoms with E-state index < -0.39 is 0 Å². The first-order chi connectivity index (χ1) is 6.86. The molecule has 0 aromatic heterocycles. The van der Waals surface area contributed by atoms with Crippen LogP contribution in [0.4, 0.5) is 0 Å². The van der Waals surface area contributed by atoms with E-state index in [1.165, 1.54) is 0 Å². The first kappa shape index (κ1) is 8.68. The van der Waals surface area contributed by atoms with Crippen LogP contribution in [0, 0.1) is 5.92 Å². The molecule has 14 heavy (non-hydrogen) atoms. The van der Waals surface area contributed by atoms with Crippen molar-refractivity contribution in [3.05, 3.63) is 0 Å². The second kappa shape index (κ2) is 3.21. The molecule has 3 aliphatic rings. The molecule has 1 amide bonds. The van der Waals surface area contributed by atoms with Crippen LogP contribution in [0.15, 0.2) is 0 Å². The van der Waals surface area contributed by atoms with Crippen molar-refractivity contribution in [1.29, 1.82) is 0 Å². The third-order valence-electron chi connectivity index (χ3n) is 3.21. The molecule has 3 fully saturated rings. The van der Waals surface area contributed by atoms with Crippen molar-refractivity contribution < 1.29 is 14.3 Å².